The molecule has 152 valence electrons. The molecule has 0 aliphatic rings. The number of carbonyl (C=O) groups is 1. The van der Waals surface area contributed by atoms with Crippen LogP contribution in [-0.4, -0.2) is 28.7 Å². The molecule has 1 aromatic heterocycles. The Kier molecular flexibility index (Phi) is 6.05. The molecule has 6 heteroatoms. The molecule has 0 radical (unpaired) electrons. The smallest absolute Gasteiger partial charge is 0.231 e. The second kappa shape index (κ2) is 9.05. The Hall–Kier alpha value is -3.25. The number of nitrogens with one attached hydrogen (secondary N) is 2. The van der Waals surface area contributed by atoms with Gasteiger partial charge in [0.15, 0.2) is 5.16 Å². The van der Waals surface area contributed by atoms with Gasteiger partial charge in [-0.2, -0.15) is 0 Å². The van der Waals surface area contributed by atoms with Gasteiger partial charge in [0.25, 0.3) is 0 Å². The normalized spacial score (nSPS) is 11.9. The van der Waals surface area contributed by atoms with Crippen molar-refractivity contribution < 1.29 is 9.53 Å². The SMILES string of the molecule is COc1ccc([C@@H](NC(=O)CSc2nc3ccc(C)cc3[nH]2)c2ccccc2)cc1. The number of rotatable bonds is 7. The average Bonchev–Trinajstić information content (AvgIpc) is 3.19. The van der Waals surface area contributed by atoms with Gasteiger partial charge >= 0.3 is 0 Å². The zero-order valence-electron chi connectivity index (χ0n) is 16.9. The average molecular weight is 418 g/mol. The summed E-state index contributed by atoms with van der Waals surface area (Å²) in [4.78, 5) is 20.6. The number of thioether (sulfide) groups is 1. The zero-order valence-corrected chi connectivity index (χ0v) is 17.7. The second-order valence-electron chi connectivity index (χ2n) is 7.04. The van der Waals surface area contributed by atoms with Crippen molar-refractivity contribution in [2.24, 2.45) is 0 Å². The van der Waals surface area contributed by atoms with E-state index in [2.05, 4.69) is 21.4 Å². The lowest BCUT2D eigenvalue weighted by molar-refractivity contribution is -0.119. The van der Waals surface area contributed by atoms with Gasteiger partial charge < -0.3 is 15.0 Å². The van der Waals surface area contributed by atoms with Gasteiger partial charge in [-0.25, -0.2) is 4.98 Å². The van der Waals surface area contributed by atoms with Gasteiger partial charge in [-0.1, -0.05) is 60.3 Å². The van der Waals surface area contributed by atoms with Crippen LogP contribution in [0.4, 0.5) is 0 Å². The van der Waals surface area contributed by atoms with E-state index in [4.69, 9.17) is 4.74 Å². The predicted molar refractivity (Wildman–Crippen MR) is 121 cm³/mol. The fourth-order valence-corrected chi connectivity index (χ4v) is 4.00. The molecular weight excluding hydrogens is 394 g/mol. The summed E-state index contributed by atoms with van der Waals surface area (Å²) in [5.41, 5.74) is 5.09. The van der Waals surface area contributed by atoms with E-state index in [-0.39, 0.29) is 17.7 Å². The van der Waals surface area contributed by atoms with Crippen LogP contribution < -0.4 is 10.1 Å². The van der Waals surface area contributed by atoms with Gasteiger partial charge in [0.2, 0.25) is 5.91 Å². The molecule has 1 atom stereocenters. The summed E-state index contributed by atoms with van der Waals surface area (Å²) < 4.78 is 5.25. The first-order valence-corrected chi connectivity index (χ1v) is 10.7. The number of amides is 1. The highest BCUT2D eigenvalue weighted by atomic mass is 32.2. The number of hydrogen-bond donors (Lipinski definition) is 2. The Bertz CT molecular complexity index is 1140. The van der Waals surface area contributed by atoms with Crippen LogP contribution in [0.3, 0.4) is 0 Å². The molecule has 30 heavy (non-hydrogen) atoms. The van der Waals surface area contributed by atoms with Gasteiger partial charge in [0.05, 0.1) is 29.9 Å². The Labute approximate surface area is 179 Å². The highest BCUT2D eigenvalue weighted by molar-refractivity contribution is 7.99. The summed E-state index contributed by atoms with van der Waals surface area (Å²) in [7, 11) is 1.64. The van der Waals surface area contributed by atoms with Crippen LogP contribution in [0.1, 0.15) is 22.7 Å². The summed E-state index contributed by atoms with van der Waals surface area (Å²) in [6.07, 6.45) is 0. The number of carbonyl (C=O) groups excluding carboxylic acids is 1. The minimum Gasteiger partial charge on any atom is -0.497 e. The Morgan fingerprint density at radius 3 is 2.53 bits per heavy atom. The van der Waals surface area contributed by atoms with Gasteiger partial charge in [-0.15, -0.1) is 0 Å². The van der Waals surface area contributed by atoms with Crippen molar-refractivity contribution >= 4 is 28.7 Å². The first kappa shape index (κ1) is 20.0. The maximum absolute atomic E-state index is 12.8. The van der Waals surface area contributed by atoms with Crippen molar-refractivity contribution in [2.45, 2.75) is 18.1 Å². The highest BCUT2D eigenvalue weighted by Gasteiger charge is 2.17. The van der Waals surface area contributed by atoms with Gasteiger partial charge in [-0.3, -0.25) is 4.79 Å². The summed E-state index contributed by atoms with van der Waals surface area (Å²) >= 11 is 1.40. The molecular formula is C24H23N3O2S. The molecule has 2 N–H and O–H groups in total. The maximum atomic E-state index is 12.8. The number of H-pyrrole nitrogens is 1. The lowest BCUT2D eigenvalue weighted by atomic mass is 9.98. The number of fused-ring (bicyclic) bond motifs is 1. The molecule has 0 aliphatic carbocycles. The zero-order chi connectivity index (χ0) is 20.9. The van der Waals surface area contributed by atoms with Crippen molar-refractivity contribution in [3.8, 4) is 5.75 Å². The molecule has 0 bridgehead atoms. The van der Waals surface area contributed by atoms with E-state index in [0.717, 1.165) is 33.1 Å². The van der Waals surface area contributed by atoms with Gasteiger partial charge in [0.1, 0.15) is 5.75 Å². The summed E-state index contributed by atoms with van der Waals surface area (Å²) in [6.45, 7) is 2.05. The summed E-state index contributed by atoms with van der Waals surface area (Å²) in [5, 5.41) is 3.90. The van der Waals surface area contributed by atoms with E-state index in [0.29, 0.717) is 0 Å². The third kappa shape index (κ3) is 4.66. The minimum atomic E-state index is -0.233. The van der Waals surface area contributed by atoms with E-state index in [1.165, 1.54) is 17.3 Å². The monoisotopic (exact) mass is 417 g/mol. The molecule has 0 unspecified atom stereocenters. The predicted octanol–water partition coefficient (Wildman–Crippen LogP) is 4.88. The minimum absolute atomic E-state index is 0.0543. The van der Waals surface area contributed by atoms with Crippen molar-refractivity contribution in [2.75, 3.05) is 12.9 Å². The number of methoxy groups -OCH3 is 1. The number of hydrogen-bond acceptors (Lipinski definition) is 4. The number of aryl methyl sites for hydroxylation is 1. The number of benzene rings is 3. The van der Waals surface area contributed by atoms with Crippen LogP contribution in [-0.2, 0) is 4.79 Å². The fourth-order valence-electron chi connectivity index (χ4n) is 3.31. The highest BCUT2D eigenvalue weighted by Crippen LogP contribution is 2.25. The standard InChI is InChI=1S/C24H23N3O2S/c1-16-8-13-20-21(14-16)26-24(25-20)30-15-22(28)27-23(17-6-4-3-5-7-17)18-9-11-19(29-2)12-10-18/h3-14,23H,15H2,1-2H3,(H,25,26)(H,27,28)/t23-/m0/s1. The molecule has 4 aromatic rings. The molecule has 0 fully saturated rings. The van der Waals surface area contributed by atoms with Gasteiger partial charge in [-0.05, 0) is 47.9 Å². The second-order valence-corrected chi connectivity index (χ2v) is 8.00. The van der Waals surface area contributed by atoms with Crippen LogP contribution in [0.15, 0.2) is 78.0 Å². The van der Waals surface area contributed by atoms with Crippen molar-refractivity contribution in [1.82, 2.24) is 15.3 Å². The first-order chi connectivity index (χ1) is 14.6. The Morgan fingerprint density at radius 1 is 1.07 bits per heavy atom. The molecule has 1 heterocycles. The Balaban J connectivity index is 1.48. The molecule has 0 spiro atoms. The molecule has 3 aromatic carbocycles. The van der Waals surface area contributed by atoms with E-state index >= 15 is 0 Å². The lowest BCUT2D eigenvalue weighted by Gasteiger charge is -2.20. The number of nitrogens with zero attached hydrogens (tertiary/aromatic N) is 1. The third-order valence-corrected chi connectivity index (χ3v) is 5.72. The van der Waals surface area contributed by atoms with Gasteiger partial charge in [0, 0.05) is 0 Å². The fraction of sp³-hybridized carbons (Fsp3) is 0.167. The molecule has 0 aliphatic heterocycles. The quantitative estimate of drug-likeness (QED) is 0.421. The van der Waals surface area contributed by atoms with Crippen molar-refractivity contribution in [3.05, 3.63) is 89.5 Å². The van der Waals surface area contributed by atoms with Crippen LogP contribution in [0.2, 0.25) is 0 Å². The van der Waals surface area contributed by atoms with E-state index in [1.54, 1.807) is 7.11 Å². The van der Waals surface area contributed by atoms with Crippen LogP contribution >= 0.6 is 11.8 Å². The van der Waals surface area contributed by atoms with E-state index in [9.17, 15) is 4.79 Å². The first-order valence-electron chi connectivity index (χ1n) is 9.70. The number of aromatic amines is 1. The van der Waals surface area contributed by atoms with Crippen molar-refractivity contribution in [3.63, 3.8) is 0 Å². The molecule has 5 nitrogen and oxygen atoms in total. The van der Waals surface area contributed by atoms with Crippen molar-refractivity contribution in [1.29, 1.82) is 0 Å². The van der Waals surface area contributed by atoms with Crippen LogP contribution in [0.25, 0.3) is 11.0 Å². The maximum Gasteiger partial charge on any atom is 0.231 e. The topological polar surface area (TPSA) is 67.0 Å². The summed E-state index contributed by atoms with van der Waals surface area (Å²) in [5.74, 6) is 1.01. The number of aromatic nitrogens is 2. The Morgan fingerprint density at radius 2 is 1.80 bits per heavy atom. The number of ether oxygens (including phenoxy) is 1. The molecule has 0 saturated heterocycles. The largest absolute Gasteiger partial charge is 0.497 e. The van der Waals surface area contributed by atoms with E-state index < -0.39 is 0 Å². The van der Waals surface area contributed by atoms with Crippen LogP contribution in [0.5, 0.6) is 5.75 Å². The molecule has 0 saturated carbocycles. The molecule has 1 amide bonds. The van der Waals surface area contributed by atoms with E-state index in [1.807, 2.05) is 73.7 Å². The van der Waals surface area contributed by atoms with Crippen LogP contribution in [0, 0.1) is 6.92 Å². The summed E-state index contributed by atoms with van der Waals surface area (Å²) in [6, 6.07) is 23.6. The third-order valence-electron chi connectivity index (χ3n) is 4.84. The number of imidazole rings is 1. The molecule has 4 rings (SSSR count). The lowest BCUT2D eigenvalue weighted by Crippen LogP contribution is -2.30.